The van der Waals surface area contributed by atoms with Gasteiger partial charge in [-0.2, -0.15) is 0 Å². The van der Waals surface area contributed by atoms with Crippen molar-refractivity contribution in [1.82, 2.24) is 0 Å². The molecule has 0 spiro atoms. The van der Waals surface area contributed by atoms with Crippen molar-refractivity contribution < 1.29 is 9.53 Å². The summed E-state index contributed by atoms with van der Waals surface area (Å²) in [5.41, 5.74) is 1.86. The Bertz CT molecular complexity index is 843. The molecule has 0 aliphatic carbocycles. The van der Waals surface area contributed by atoms with Crippen molar-refractivity contribution >= 4 is 16.7 Å². The third-order valence-electron chi connectivity index (χ3n) is 3.74. The highest BCUT2D eigenvalue weighted by Gasteiger charge is 2.23. The standard InChI is InChI=1S/C21H20O2/c1-21(2,3)20(22)23-19-12-11-17-13-16(9-10-18(17)14-19)15-7-5-4-6-8-15/h4-14H,1-3H3. The van der Waals surface area contributed by atoms with Gasteiger partial charge in [0.15, 0.2) is 0 Å². The second-order valence-corrected chi connectivity index (χ2v) is 6.73. The molecule has 0 aliphatic rings. The Morgan fingerprint density at radius 2 is 1.43 bits per heavy atom. The average Bonchev–Trinajstić information content (AvgIpc) is 2.54. The molecule has 0 heterocycles. The molecule has 0 atom stereocenters. The molecular formula is C21H20O2. The van der Waals surface area contributed by atoms with Crippen molar-refractivity contribution in [1.29, 1.82) is 0 Å². The van der Waals surface area contributed by atoms with Crippen LogP contribution in [0.4, 0.5) is 0 Å². The molecule has 3 rings (SSSR count). The lowest BCUT2D eigenvalue weighted by atomic mass is 9.97. The third-order valence-corrected chi connectivity index (χ3v) is 3.74. The van der Waals surface area contributed by atoms with Crippen molar-refractivity contribution in [2.45, 2.75) is 20.8 Å². The zero-order chi connectivity index (χ0) is 16.4. The summed E-state index contributed by atoms with van der Waals surface area (Å²) >= 11 is 0. The van der Waals surface area contributed by atoms with Crippen LogP contribution >= 0.6 is 0 Å². The molecule has 2 nitrogen and oxygen atoms in total. The molecule has 116 valence electrons. The second kappa shape index (κ2) is 5.88. The van der Waals surface area contributed by atoms with E-state index in [0.717, 1.165) is 10.8 Å². The van der Waals surface area contributed by atoms with E-state index in [0.29, 0.717) is 5.75 Å². The Morgan fingerprint density at radius 1 is 0.783 bits per heavy atom. The van der Waals surface area contributed by atoms with Crippen LogP contribution in [0.15, 0.2) is 66.7 Å². The Balaban J connectivity index is 1.92. The molecule has 0 bridgehead atoms. The molecule has 0 fully saturated rings. The van der Waals surface area contributed by atoms with E-state index in [1.165, 1.54) is 11.1 Å². The van der Waals surface area contributed by atoms with Gasteiger partial charge in [0, 0.05) is 0 Å². The van der Waals surface area contributed by atoms with Crippen LogP contribution in [0.1, 0.15) is 20.8 Å². The van der Waals surface area contributed by atoms with E-state index < -0.39 is 5.41 Å². The normalized spacial score (nSPS) is 11.4. The molecule has 0 aliphatic heterocycles. The van der Waals surface area contributed by atoms with Crippen LogP contribution in [0, 0.1) is 5.41 Å². The van der Waals surface area contributed by atoms with Crippen molar-refractivity contribution in [2.75, 3.05) is 0 Å². The first-order chi connectivity index (χ1) is 10.9. The van der Waals surface area contributed by atoms with Gasteiger partial charge in [-0.15, -0.1) is 0 Å². The summed E-state index contributed by atoms with van der Waals surface area (Å²) in [5, 5.41) is 2.19. The van der Waals surface area contributed by atoms with Gasteiger partial charge in [0.05, 0.1) is 5.41 Å². The summed E-state index contributed by atoms with van der Waals surface area (Å²) in [7, 11) is 0. The zero-order valence-corrected chi connectivity index (χ0v) is 13.7. The maximum Gasteiger partial charge on any atom is 0.316 e. The number of ether oxygens (including phenoxy) is 1. The van der Waals surface area contributed by atoms with Gasteiger partial charge in [0.2, 0.25) is 0 Å². The topological polar surface area (TPSA) is 26.3 Å². The molecule has 3 aromatic rings. The van der Waals surface area contributed by atoms with Gasteiger partial charge in [-0.1, -0.05) is 48.5 Å². The van der Waals surface area contributed by atoms with Crippen molar-refractivity contribution in [3.05, 3.63) is 66.7 Å². The third kappa shape index (κ3) is 3.42. The molecule has 23 heavy (non-hydrogen) atoms. The molecule has 0 aromatic heterocycles. The van der Waals surface area contributed by atoms with Crippen LogP contribution in [0.25, 0.3) is 21.9 Å². The number of esters is 1. The Morgan fingerprint density at radius 3 is 2.13 bits per heavy atom. The molecule has 0 saturated carbocycles. The van der Waals surface area contributed by atoms with Crippen LogP contribution in [0.3, 0.4) is 0 Å². The van der Waals surface area contributed by atoms with E-state index in [9.17, 15) is 4.79 Å². The van der Waals surface area contributed by atoms with Gasteiger partial charge in [-0.25, -0.2) is 0 Å². The van der Waals surface area contributed by atoms with Crippen LogP contribution in [-0.4, -0.2) is 5.97 Å². The van der Waals surface area contributed by atoms with E-state index in [1.807, 2.05) is 57.2 Å². The van der Waals surface area contributed by atoms with Gasteiger partial charge in [-0.05, 0) is 60.9 Å². The number of rotatable bonds is 2. The minimum absolute atomic E-state index is 0.224. The van der Waals surface area contributed by atoms with Gasteiger partial charge in [0.1, 0.15) is 5.75 Å². The molecule has 2 heteroatoms. The first kappa shape index (κ1) is 15.3. The van der Waals surface area contributed by atoms with Crippen molar-refractivity contribution in [3.63, 3.8) is 0 Å². The molecule has 0 saturated heterocycles. The number of carbonyl (C=O) groups excluding carboxylic acids is 1. The first-order valence-electron chi connectivity index (χ1n) is 7.75. The zero-order valence-electron chi connectivity index (χ0n) is 13.7. The van der Waals surface area contributed by atoms with Gasteiger partial charge < -0.3 is 4.74 Å². The van der Waals surface area contributed by atoms with Gasteiger partial charge in [-0.3, -0.25) is 4.79 Å². The molecule has 3 aromatic carbocycles. The maximum absolute atomic E-state index is 12.0. The number of fused-ring (bicyclic) bond motifs is 1. The molecule has 0 radical (unpaired) electrons. The lowest BCUT2D eigenvalue weighted by molar-refractivity contribution is -0.142. The number of hydrogen-bond donors (Lipinski definition) is 0. The maximum atomic E-state index is 12.0. The van der Waals surface area contributed by atoms with Crippen molar-refractivity contribution in [2.24, 2.45) is 5.41 Å². The monoisotopic (exact) mass is 304 g/mol. The fraction of sp³-hybridized carbons (Fsp3) is 0.190. The fourth-order valence-corrected chi connectivity index (χ4v) is 2.36. The Hall–Kier alpha value is -2.61. The van der Waals surface area contributed by atoms with Crippen LogP contribution in [0.5, 0.6) is 5.75 Å². The quantitative estimate of drug-likeness (QED) is 0.464. The summed E-state index contributed by atoms with van der Waals surface area (Å²) in [6.45, 7) is 5.55. The molecule has 0 amide bonds. The van der Waals surface area contributed by atoms with E-state index in [1.54, 1.807) is 0 Å². The van der Waals surface area contributed by atoms with E-state index in [-0.39, 0.29) is 5.97 Å². The highest BCUT2D eigenvalue weighted by molar-refractivity contribution is 5.89. The molecule has 0 N–H and O–H groups in total. The Labute approximate surface area is 136 Å². The first-order valence-corrected chi connectivity index (χ1v) is 7.75. The summed E-state index contributed by atoms with van der Waals surface area (Å²) in [6.07, 6.45) is 0. The summed E-state index contributed by atoms with van der Waals surface area (Å²) < 4.78 is 5.46. The van der Waals surface area contributed by atoms with Gasteiger partial charge >= 0.3 is 5.97 Å². The van der Waals surface area contributed by atoms with Crippen LogP contribution in [0.2, 0.25) is 0 Å². The number of carbonyl (C=O) groups is 1. The number of hydrogen-bond acceptors (Lipinski definition) is 2. The molecule has 0 unspecified atom stereocenters. The van der Waals surface area contributed by atoms with E-state index >= 15 is 0 Å². The van der Waals surface area contributed by atoms with Crippen LogP contribution in [-0.2, 0) is 4.79 Å². The fourth-order valence-electron chi connectivity index (χ4n) is 2.36. The molecular weight excluding hydrogens is 284 g/mol. The highest BCUT2D eigenvalue weighted by Crippen LogP contribution is 2.28. The van der Waals surface area contributed by atoms with Crippen molar-refractivity contribution in [3.8, 4) is 16.9 Å². The van der Waals surface area contributed by atoms with E-state index in [4.69, 9.17) is 4.74 Å². The summed E-state index contributed by atoms with van der Waals surface area (Å²) in [4.78, 5) is 12.0. The minimum atomic E-state index is -0.508. The van der Waals surface area contributed by atoms with E-state index in [2.05, 4.69) is 30.3 Å². The largest absolute Gasteiger partial charge is 0.426 e. The van der Waals surface area contributed by atoms with Gasteiger partial charge in [0.25, 0.3) is 0 Å². The highest BCUT2D eigenvalue weighted by atomic mass is 16.5. The lowest BCUT2D eigenvalue weighted by Crippen LogP contribution is -2.25. The smallest absolute Gasteiger partial charge is 0.316 e. The Kier molecular flexibility index (Phi) is 3.91. The lowest BCUT2D eigenvalue weighted by Gasteiger charge is -2.16. The SMILES string of the molecule is CC(C)(C)C(=O)Oc1ccc2cc(-c3ccccc3)ccc2c1. The predicted molar refractivity (Wildman–Crippen MR) is 94.5 cm³/mol. The minimum Gasteiger partial charge on any atom is -0.426 e. The number of benzene rings is 3. The summed E-state index contributed by atoms with van der Waals surface area (Å²) in [5.74, 6) is 0.364. The predicted octanol–water partition coefficient (Wildman–Crippen LogP) is 5.46. The van der Waals surface area contributed by atoms with Crippen LogP contribution < -0.4 is 4.74 Å². The summed E-state index contributed by atoms with van der Waals surface area (Å²) in [6, 6.07) is 22.3. The average molecular weight is 304 g/mol. The second-order valence-electron chi connectivity index (χ2n) is 6.73.